The van der Waals surface area contributed by atoms with E-state index in [-0.39, 0.29) is 5.78 Å². The number of hydrogen-bond acceptors (Lipinski definition) is 3. The van der Waals surface area contributed by atoms with Crippen LogP contribution in [0.15, 0.2) is 24.3 Å². The van der Waals surface area contributed by atoms with E-state index in [4.69, 9.17) is 12.2 Å². The molecule has 5 heteroatoms. The molecule has 0 unspecified atom stereocenters. The molecule has 1 aliphatic heterocycles. The second kappa shape index (κ2) is 7.52. The lowest BCUT2D eigenvalue weighted by atomic mass is 10.1. The van der Waals surface area contributed by atoms with Gasteiger partial charge in [-0.15, -0.1) is 0 Å². The summed E-state index contributed by atoms with van der Waals surface area (Å²) in [6, 6.07) is 7.45. The van der Waals surface area contributed by atoms with Crippen LogP contribution in [0.4, 0.5) is 5.69 Å². The number of Topliss-reactive ketones (excluding diaryl/α,β-unsaturated/α-hetero) is 1. The van der Waals surface area contributed by atoms with Gasteiger partial charge in [-0.05, 0) is 56.4 Å². The lowest BCUT2D eigenvalue weighted by Crippen LogP contribution is -2.49. The van der Waals surface area contributed by atoms with Gasteiger partial charge in [0.25, 0.3) is 0 Å². The van der Waals surface area contributed by atoms with Gasteiger partial charge in [-0.1, -0.05) is 6.92 Å². The van der Waals surface area contributed by atoms with Gasteiger partial charge >= 0.3 is 0 Å². The third kappa shape index (κ3) is 4.51. The molecule has 1 fully saturated rings. The number of anilines is 1. The minimum Gasteiger partial charge on any atom is -0.346 e. The maximum atomic E-state index is 11.3. The summed E-state index contributed by atoms with van der Waals surface area (Å²) in [4.78, 5) is 15.9. The zero-order valence-corrected chi connectivity index (χ0v) is 13.6. The Morgan fingerprint density at radius 3 is 2.33 bits per heavy atom. The van der Waals surface area contributed by atoms with E-state index >= 15 is 0 Å². The normalized spacial score (nSPS) is 15.8. The van der Waals surface area contributed by atoms with Gasteiger partial charge in [0.05, 0.1) is 0 Å². The zero-order chi connectivity index (χ0) is 15.2. The molecule has 0 bridgehead atoms. The molecule has 1 heterocycles. The number of hydrogen-bond donors (Lipinski definition) is 1. The van der Waals surface area contributed by atoms with E-state index in [1.54, 1.807) is 6.92 Å². The Morgan fingerprint density at radius 2 is 1.81 bits per heavy atom. The van der Waals surface area contributed by atoms with Gasteiger partial charge in [0.2, 0.25) is 0 Å². The fourth-order valence-electron chi connectivity index (χ4n) is 2.48. The maximum absolute atomic E-state index is 11.3. The topological polar surface area (TPSA) is 35.6 Å². The molecule has 0 saturated carbocycles. The Bertz CT molecular complexity index is 493. The van der Waals surface area contributed by atoms with Gasteiger partial charge in [-0.25, -0.2) is 0 Å². The highest BCUT2D eigenvalue weighted by Gasteiger charge is 2.18. The van der Waals surface area contributed by atoms with Gasteiger partial charge in [-0.3, -0.25) is 9.69 Å². The number of carbonyl (C=O) groups is 1. The molecule has 1 N–H and O–H groups in total. The molecule has 1 saturated heterocycles. The number of ketones is 1. The lowest BCUT2D eigenvalue weighted by molar-refractivity contribution is 0.101. The molecule has 0 aromatic heterocycles. The molecular formula is C16H23N3OS. The van der Waals surface area contributed by atoms with Crippen molar-refractivity contribution in [3.63, 3.8) is 0 Å². The first-order valence-electron chi connectivity index (χ1n) is 7.49. The third-order valence-corrected chi connectivity index (χ3v) is 4.10. The van der Waals surface area contributed by atoms with Crippen LogP contribution in [-0.2, 0) is 0 Å². The third-order valence-electron chi connectivity index (χ3n) is 3.74. The highest BCUT2D eigenvalue weighted by molar-refractivity contribution is 7.80. The molecule has 21 heavy (non-hydrogen) atoms. The van der Waals surface area contributed by atoms with E-state index in [1.165, 1.54) is 13.0 Å². The van der Waals surface area contributed by atoms with Crippen molar-refractivity contribution in [3.05, 3.63) is 29.8 Å². The summed E-state index contributed by atoms with van der Waals surface area (Å²) in [5.74, 6) is 0.0798. The standard InChI is InChI=1S/C16H23N3OS/c1-3-8-18-9-11-19(12-10-18)16(21)17-15-6-4-14(5-7-15)13(2)20/h4-7H,3,8-12H2,1-2H3,(H,17,21). The van der Waals surface area contributed by atoms with Crippen LogP contribution in [0.5, 0.6) is 0 Å². The molecule has 0 radical (unpaired) electrons. The summed E-state index contributed by atoms with van der Waals surface area (Å²) in [6.07, 6.45) is 1.20. The van der Waals surface area contributed by atoms with E-state index in [9.17, 15) is 4.79 Å². The number of rotatable bonds is 4. The van der Waals surface area contributed by atoms with Gasteiger partial charge in [0.15, 0.2) is 10.9 Å². The second-order valence-corrected chi connectivity index (χ2v) is 5.78. The first-order valence-corrected chi connectivity index (χ1v) is 7.90. The van der Waals surface area contributed by atoms with Crippen molar-refractivity contribution in [1.29, 1.82) is 0 Å². The number of thiocarbonyl (C=S) groups is 1. The summed E-state index contributed by atoms with van der Waals surface area (Å²) in [5, 5.41) is 4.02. The quantitative estimate of drug-likeness (QED) is 0.683. The zero-order valence-electron chi connectivity index (χ0n) is 12.8. The Kier molecular flexibility index (Phi) is 5.70. The SMILES string of the molecule is CCCN1CCN(C(=S)Nc2ccc(C(C)=O)cc2)CC1. The number of nitrogens with one attached hydrogen (secondary N) is 1. The van der Waals surface area contributed by atoms with Crippen molar-refractivity contribution in [2.24, 2.45) is 0 Å². The van der Waals surface area contributed by atoms with Gasteiger partial charge in [-0.2, -0.15) is 0 Å². The minimum absolute atomic E-state index is 0.0798. The van der Waals surface area contributed by atoms with Crippen molar-refractivity contribution in [2.75, 3.05) is 38.0 Å². The molecule has 1 aromatic carbocycles. The van der Waals surface area contributed by atoms with Crippen LogP contribution in [0.2, 0.25) is 0 Å². The molecule has 114 valence electrons. The molecule has 0 atom stereocenters. The van der Waals surface area contributed by atoms with E-state index < -0.39 is 0 Å². The number of benzene rings is 1. The molecule has 0 spiro atoms. The molecule has 2 rings (SSSR count). The molecule has 0 aliphatic carbocycles. The van der Waals surface area contributed by atoms with Crippen molar-refractivity contribution >= 4 is 28.8 Å². The van der Waals surface area contributed by atoms with Crippen LogP contribution < -0.4 is 5.32 Å². The predicted octanol–water partition coefficient (Wildman–Crippen LogP) is 2.61. The van der Waals surface area contributed by atoms with Gasteiger partial charge < -0.3 is 10.2 Å². The minimum atomic E-state index is 0.0798. The van der Waals surface area contributed by atoms with Crippen molar-refractivity contribution in [2.45, 2.75) is 20.3 Å². The Labute approximate surface area is 132 Å². The van der Waals surface area contributed by atoms with E-state index in [1.807, 2.05) is 24.3 Å². The molecular weight excluding hydrogens is 282 g/mol. The smallest absolute Gasteiger partial charge is 0.173 e. The fourth-order valence-corrected chi connectivity index (χ4v) is 2.78. The lowest BCUT2D eigenvalue weighted by Gasteiger charge is -2.36. The van der Waals surface area contributed by atoms with Crippen LogP contribution in [0.3, 0.4) is 0 Å². The molecule has 1 aromatic rings. The number of piperazine rings is 1. The largest absolute Gasteiger partial charge is 0.346 e. The van der Waals surface area contributed by atoms with Crippen LogP contribution in [0.25, 0.3) is 0 Å². The number of carbonyl (C=O) groups excluding carboxylic acids is 1. The van der Waals surface area contributed by atoms with Crippen LogP contribution >= 0.6 is 12.2 Å². The summed E-state index contributed by atoms with van der Waals surface area (Å²) >= 11 is 5.47. The highest BCUT2D eigenvalue weighted by Crippen LogP contribution is 2.12. The summed E-state index contributed by atoms with van der Waals surface area (Å²) in [5.41, 5.74) is 1.65. The first-order chi connectivity index (χ1) is 10.1. The predicted molar refractivity (Wildman–Crippen MR) is 91.0 cm³/mol. The van der Waals surface area contributed by atoms with Crippen molar-refractivity contribution in [3.8, 4) is 0 Å². The first kappa shape index (κ1) is 15.9. The Morgan fingerprint density at radius 1 is 1.19 bits per heavy atom. The van der Waals surface area contributed by atoms with Crippen LogP contribution in [0, 0.1) is 0 Å². The summed E-state index contributed by atoms with van der Waals surface area (Å²) in [6.45, 7) is 9.03. The number of nitrogens with zero attached hydrogens (tertiary/aromatic N) is 2. The summed E-state index contributed by atoms with van der Waals surface area (Å²) in [7, 11) is 0. The van der Waals surface area contributed by atoms with Crippen LogP contribution in [0.1, 0.15) is 30.6 Å². The van der Waals surface area contributed by atoms with Gasteiger partial charge in [0, 0.05) is 37.4 Å². The van der Waals surface area contributed by atoms with Gasteiger partial charge in [0.1, 0.15) is 0 Å². The van der Waals surface area contributed by atoms with Crippen LogP contribution in [-0.4, -0.2) is 53.4 Å². The van der Waals surface area contributed by atoms with Crippen molar-refractivity contribution < 1.29 is 4.79 Å². The Balaban J connectivity index is 1.86. The van der Waals surface area contributed by atoms with E-state index in [2.05, 4.69) is 22.0 Å². The fraction of sp³-hybridized carbons (Fsp3) is 0.500. The average Bonchev–Trinajstić information content (AvgIpc) is 2.49. The van der Waals surface area contributed by atoms with Crippen molar-refractivity contribution in [1.82, 2.24) is 9.80 Å². The maximum Gasteiger partial charge on any atom is 0.173 e. The average molecular weight is 305 g/mol. The summed E-state index contributed by atoms with van der Waals surface area (Å²) < 4.78 is 0. The molecule has 1 aliphatic rings. The molecule has 4 nitrogen and oxygen atoms in total. The second-order valence-electron chi connectivity index (χ2n) is 5.39. The highest BCUT2D eigenvalue weighted by atomic mass is 32.1. The monoisotopic (exact) mass is 305 g/mol. The van der Waals surface area contributed by atoms with E-state index in [0.717, 1.165) is 42.5 Å². The molecule has 0 amide bonds. The Hall–Kier alpha value is -1.46. The van der Waals surface area contributed by atoms with E-state index in [0.29, 0.717) is 0 Å².